The zero-order chi connectivity index (χ0) is 20.5. The van der Waals surface area contributed by atoms with E-state index in [4.69, 9.17) is 4.42 Å². The summed E-state index contributed by atoms with van der Waals surface area (Å²) in [5.74, 6) is 0.138. The molecule has 152 valence electrons. The third kappa shape index (κ3) is 4.11. The number of aliphatic hydroxyl groups excluding tert-OH is 1. The fourth-order valence-corrected chi connectivity index (χ4v) is 6.22. The van der Waals surface area contributed by atoms with Crippen LogP contribution in [-0.2, 0) is 9.84 Å². The Balaban J connectivity index is 1.98. The van der Waals surface area contributed by atoms with Gasteiger partial charge in [0.25, 0.3) is 0 Å². The van der Waals surface area contributed by atoms with E-state index in [-0.39, 0.29) is 16.2 Å². The van der Waals surface area contributed by atoms with Crippen LogP contribution in [0.2, 0.25) is 0 Å². The summed E-state index contributed by atoms with van der Waals surface area (Å²) < 4.78 is 32.1. The van der Waals surface area contributed by atoms with Gasteiger partial charge >= 0.3 is 0 Å². The van der Waals surface area contributed by atoms with Gasteiger partial charge in [-0.1, -0.05) is 43.2 Å². The van der Waals surface area contributed by atoms with Gasteiger partial charge in [0.15, 0.2) is 9.84 Å². The Bertz CT molecular complexity index is 921. The van der Waals surface area contributed by atoms with Crippen molar-refractivity contribution < 1.29 is 17.9 Å². The lowest BCUT2D eigenvalue weighted by molar-refractivity contribution is 0.0976. The Morgan fingerprint density at radius 3 is 2.43 bits per heavy atom. The predicted molar refractivity (Wildman–Crippen MR) is 111 cm³/mol. The molecule has 1 aromatic heterocycles. The monoisotopic (exact) mass is 402 g/mol. The molecular formula is C23H30O4S. The maximum absolute atomic E-state index is 13.5. The molecule has 0 amide bonds. The van der Waals surface area contributed by atoms with Gasteiger partial charge in [0.05, 0.1) is 23.5 Å². The van der Waals surface area contributed by atoms with Crippen molar-refractivity contribution in [2.45, 2.75) is 63.2 Å². The van der Waals surface area contributed by atoms with Gasteiger partial charge in [0.1, 0.15) is 5.25 Å². The molecule has 0 radical (unpaired) electrons. The lowest BCUT2D eigenvalue weighted by Crippen LogP contribution is -2.35. The number of sulfone groups is 1. The van der Waals surface area contributed by atoms with Crippen molar-refractivity contribution in [3.63, 3.8) is 0 Å². The molecule has 1 N–H and O–H groups in total. The minimum Gasteiger partial charge on any atom is -0.472 e. The minimum absolute atomic E-state index is 0.0222. The number of hydrogen-bond acceptors (Lipinski definition) is 4. The van der Waals surface area contributed by atoms with Crippen molar-refractivity contribution in [2.75, 3.05) is 0 Å². The fourth-order valence-electron chi connectivity index (χ4n) is 4.39. The number of aryl methyl sites for hydroxylation is 1. The summed E-state index contributed by atoms with van der Waals surface area (Å²) in [7, 11) is -3.78. The van der Waals surface area contributed by atoms with E-state index in [2.05, 4.69) is 26.8 Å². The molecule has 2 aromatic rings. The zero-order valence-corrected chi connectivity index (χ0v) is 17.9. The van der Waals surface area contributed by atoms with Crippen LogP contribution >= 0.6 is 0 Å². The second-order valence-corrected chi connectivity index (χ2v) is 10.7. The van der Waals surface area contributed by atoms with Crippen molar-refractivity contribution in [3.8, 4) is 0 Å². The molecular weight excluding hydrogens is 372 g/mol. The highest BCUT2D eigenvalue weighted by atomic mass is 32.2. The van der Waals surface area contributed by atoms with E-state index in [1.165, 1.54) is 18.1 Å². The van der Waals surface area contributed by atoms with Gasteiger partial charge in [0, 0.05) is 5.56 Å². The van der Waals surface area contributed by atoms with Crippen molar-refractivity contribution >= 4 is 9.84 Å². The Labute approximate surface area is 168 Å². The third-order valence-corrected chi connectivity index (χ3v) is 8.31. The predicted octanol–water partition coefficient (Wildman–Crippen LogP) is 5.24. The highest BCUT2D eigenvalue weighted by Gasteiger charge is 2.41. The van der Waals surface area contributed by atoms with E-state index in [0.29, 0.717) is 12.0 Å². The first kappa shape index (κ1) is 20.9. The topological polar surface area (TPSA) is 67.5 Å². The summed E-state index contributed by atoms with van der Waals surface area (Å²) in [6, 6.07) is 8.42. The molecule has 1 heterocycles. The Morgan fingerprint density at radius 1 is 1.18 bits per heavy atom. The van der Waals surface area contributed by atoms with Crippen LogP contribution in [0.4, 0.5) is 0 Å². The van der Waals surface area contributed by atoms with E-state index in [0.717, 1.165) is 18.4 Å². The fraction of sp³-hybridized carbons (Fsp3) is 0.478. The van der Waals surface area contributed by atoms with Gasteiger partial charge in [0.2, 0.25) is 0 Å². The van der Waals surface area contributed by atoms with Crippen molar-refractivity contribution in [1.82, 2.24) is 0 Å². The number of benzene rings is 1. The Kier molecular flexibility index (Phi) is 5.87. The van der Waals surface area contributed by atoms with Gasteiger partial charge in [-0.3, -0.25) is 0 Å². The molecule has 1 aromatic carbocycles. The molecule has 3 rings (SSSR count). The Morgan fingerprint density at radius 2 is 1.86 bits per heavy atom. The van der Waals surface area contributed by atoms with Gasteiger partial charge in [-0.15, -0.1) is 0 Å². The van der Waals surface area contributed by atoms with E-state index >= 15 is 0 Å². The number of furan rings is 1. The smallest absolute Gasteiger partial charge is 0.188 e. The normalized spacial score (nSPS) is 21.8. The van der Waals surface area contributed by atoms with Crippen LogP contribution in [-0.4, -0.2) is 19.6 Å². The van der Waals surface area contributed by atoms with Crippen LogP contribution in [0, 0.1) is 18.3 Å². The maximum atomic E-state index is 13.5. The zero-order valence-electron chi connectivity index (χ0n) is 17.1. The highest BCUT2D eigenvalue weighted by Crippen LogP contribution is 2.45. The summed E-state index contributed by atoms with van der Waals surface area (Å²) >= 11 is 0. The SMILES string of the molecule is CC1=CCCC(C)(C)[C@@H]1C[C@@H](O)[C@H](c1ccoc1)S(=O)(=O)c1ccc(C)cc1. The van der Waals surface area contributed by atoms with Gasteiger partial charge in [-0.05, 0) is 62.6 Å². The standard InChI is InChI=1S/C23H30O4S/c1-16-7-9-19(10-8-16)28(25,26)22(18-11-13-27-15-18)21(24)14-20-17(2)6-5-12-23(20,3)4/h6-11,13,15,20-22,24H,5,12,14H2,1-4H3/t20-,21-,22+/m1/s1. The third-order valence-electron chi connectivity index (χ3n) is 6.13. The maximum Gasteiger partial charge on any atom is 0.188 e. The number of rotatable bonds is 6. The first-order valence-corrected chi connectivity index (χ1v) is 11.3. The molecule has 0 saturated heterocycles. The summed E-state index contributed by atoms with van der Waals surface area (Å²) in [5, 5.41) is 10.1. The molecule has 0 saturated carbocycles. The summed E-state index contributed by atoms with van der Waals surface area (Å²) in [6.45, 7) is 8.39. The number of allylic oxidation sites excluding steroid dienone is 2. The molecule has 0 bridgehead atoms. The molecule has 0 aliphatic heterocycles. The molecule has 4 nitrogen and oxygen atoms in total. The molecule has 0 unspecified atom stereocenters. The van der Waals surface area contributed by atoms with E-state index in [1.807, 2.05) is 6.92 Å². The number of aliphatic hydroxyl groups is 1. The molecule has 28 heavy (non-hydrogen) atoms. The van der Waals surface area contributed by atoms with Crippen LogP contribution in [0.25, 0.3) is 0 Å². The molecule has 5 heteroatoms. The molecule has 1 aliphatic carbocycles. The van der Waals surface area contributed by atoms with Crippen LogP contribution in [0.1, 0.15) is 56.4 Å². The van der Waals surface area contributed by atoms with Crippen molar-refractivity contribution in [3.05, 3.63) is 65.6 Å². The quantitative estimate of drug-likeness (QED) is 0.671. The molecule has 1 aliphatic rings. The molecule has 0 spiro atoms. The summed E-state index contributed by atoms with van der Waals surface area (Å²) in [4.78, 5) is 0.221. The van der Waals surface area contributed by atoms with Crippen LogP contribution in [0.15, 0.2) is 63.8 Å². The second-order valence-electron chi connectivity index (χ2n) is 8.67. The van der Waals surface area contributed by atoms with E-state index < -0.39 is 21.2 Å². The Hall–Kier alpha value is -1.85. The van der Waals surface area contributed by atoms with Gasteiger partial charge < -0.3 is 9.52 Å². The molecule has 0 fully saturated rings. The van der Waals surface area contributed by atoms with Crippen LogP contribution in [0.3, 0.4) is 0 Å². The van der Waals surface area contributed by atoms with Crippen LogP contribution in [0.5, 0.6) is 0 Å². The van der Waals surface area contributed by atoms with Crippen molar-refractivity contribution in [1.29, 1.82) is 0 Å². The van der Waals surface area contributed by atoms with Gasteiger partial charge in [-0.2, -0.15) is 0 Å². The first-order valence-electron chi connectivity index (χ1n) is 9.80. The van der Waals surface area contributed by atoms with Crippen LogP contribution < -0.4 is 0 Å². The average molecular weight is 403 g/mol. The summed E-state index contributed by atoms with van der Waals surface area (Å²) in [5.41, 5.74) is 2.73. The number of hydrogen-bond donors (Lipinski definition) is 1. The summed E-state index contributed by atoms with van der Waals surface area (Å²) in [6.07, 6.45) is 6.51. The lowest BCUT2D eigenvalue weighted by Gasteiger charge is -2.40. The highest BCUT2D eigenvalue weighted by molar-refractivity contribution is 7.91. The molecule has 3 atom stereocenters. The van der Waals surface area contributed by atoms with E-state index in [9.17, 15) is 13.5 Å². The second kappa shape index (κ2) is 7.88. The van der Waals surface area contributed by atoms with Crippen molar-refractivity contribution in [2.24, 2.45) is 11.3 Å². The van der Waals surface area contributed by atoms with E-state index in [1.54, 1.807) is 30.3 Å². The minimum atomic E-state index is -3.78. The largest absolute Gasteiger partial charge is 0.472 e. The lowest BCUT2D eigenvalue weighted by atomic mass is 9.66. The average Bonchev–Trinajstić information content (AvgIpc) is 3.12. The first-order chi connectivity index (χ1) is 13.1. The van der Waals surface area contributed by atoms with Gasteiger partial charge in [-0.25, -0.2) is 8.42 Å².